The Morgan fingerprint density at radius 3 is 2.68 bits per heavy atom. The predicted molar refractivity (Wildman–Crippen MR) is 111 cm³/mol. The van der Waals surface area contributed by atoms with E-state index in [1.54, 1.807) is 24.3 Å². The van der Waals surface area contributed by atoms with Gasteiger partial charge in [-0.3, -0.25) is 29.4 Å². The zero-order valence-electron chi connectivity index (χ0n) is 16.4. The average Bonchev–Trinajstić information content (AvgIpc) is 2.76. The second-order valence-electron chi connectivity index (χ2n) is 7.04. The van der Waals surface area contributed by atoms with Crippen molar-refractivity contribution < 1.29 is 24.0 Å². The van der Waals surface area contributed by atoms with E-state index < -0.39 is 16.7 Å². The van der Waals surface area contributed by atoms with Crippen LogP contribution in [0.2, 0.25) is 0 Å². The van der Waals surface area contributed by atoms with Crippen molar-refractivity contribution >= 4 is 40.5 Å². The van der Waals surface area contributed by atoms with Gasteiger partial charge in [0.15, 0.2) is 6.61 Å². The Morgan fingerprint density at radius 1 is 1.19 bits per heavy atom. The van der Waals surface area contributed by atoms with Crippen molar-refractivity contribution in [1.29, 1.82) is 0 Å². The first-order valence-corrected chi connectivity index (χ1v) is 9.54. The fraction of sp³-hybridized carbons (Fsp3) is 0.250. The maximum absolute atomic E-state index is 12.5. The monoisotopic (exact) mass is 425 g/mol. The van der Waals surface area contributed by atoms with Gasteiger partial charge in [0.1, 0.15) is 12.3 Å². The van der Waals surface area contributed by atoms with Gasteiger partial charge in [0.25, 0.3) is 11.6 Å². The Kier molecular flexibility index (Phi) is 5.39. The van der Waals surface area contributed by atoms with Crippen LogP contribution in [0, 0.1) is 10.1 Å². The Balaban J connectivity index is 1.44. The lowest BCUT2D eigenvalue weighted by Crippen LogP contribution is -2.47. The van der Waals surface area contributed by atoms with Crippen LogP contribution >= 0.6 is 0 Å². The molecular weight excluding hydrogens is 406 g/mol. The van der Waals surface area contributed by atoms with Crippen molar-refractivity contribution in [3.63, 3.8) is 0 Å². The zero-order valence-corrected chi connectivity index (χ0v) is 16.4. The first-order chi connectivity index (χ1) is 14.9. The number of piperazine rings is 1. The van der Waals surface area contributed by atoms with E-state index >= 15 is 0 Å². The predicted octanol–water partition coefficient (Wildman–Crippen LogP) is 0.895. The third-order valence-electron chi connectivity index (χ3n) is 4.95. The van der Waals surface area contributed by atoms with Gasteiger partial charge in [-0.15, -0.1) is 0 Å². The maximum atomic E-state index is 12.5. The largest absolute Gasteiger partial charge is 0.482 e. The number of benzene rings is 2. The summed E-state index contributed by atoms with van der Waals surface area (Å²) in [5, 5.41) is 16.5. The van der Waals surface area contributed by atoms with Crippen molar-refractivity contribution in [2.24, 2.45) is 0 Å². The molecule has 0 spiro atoms. The Labute approximate surface area is 176 Å². The number of nitro groups is 1. The molecule has 2 aromatic carbocycles. The molecule has 2 N–H and O–H groups in total. The summed E-state index contributed by atoms with van der Waals surface area (Å²) in [6, 6.07) is 10.9. The highest BCUT2D eigenvalue weighted by molar-refractivity contribution is 6.05. The molecule has 2 aliphatic rings. The van der Waals surface area contributed by atoms with E-state index in [4.69, 9.17) is 4.74 Å². The minimum Gasteiger partial charge on any atom is -0.482 e. The summed E-state index contributed by atoms with van der Waals surface area (Å²) in [6.07, 6.45) is 0. The molecule has 0 aliphatic carbocycles. The lowest BCUT2D eigenvalue weighted by molar-refractivity contribution is -0.384. The topological polar surface area (TPSA) is 134 Å². The number of nitrogens with one attached hydrogen (secondary N) is 2. The molecule has 0 aromatic heterocycles. The van der Waals surface area contributed by atoms with Crippen molar-refractivity contribution in [3.05, 3.63) is 52.6 Å². The third kappa shape index (κ3) is 4.39. The second kappa shape index (κ2) is 8.30. The summed E-state index contributed by atoms with van der Waals surface area (Å²) >= 11 is 0. The lowest BCUT2D eigenvalue weighted by Gasteiger charge is -2.29. The molecule has 3 amide bonds. The normalized spacial score (nSPS) is 15.6. The number of hydrogen-bond donors (Lipinski definition) is 2. The molecule has 11 heteroatoms. The molecule has 0 saturated carbocycles. The van der Waals surface area contributed by atoms with Gasteiger partial charge < -0.3 is 20.3 Å². The molecule has 0 atom stereocenters. The van der Waals surface area contributed by atoms with Crippen LogP contribution in [0.1, 0.15) is 0 Å². The molecule has 160 valence electrons. The molecule has 1 fully saturated rings. The van der Waals surface area contributed by atoms with Crippen molar-refractivity contribution in [3.8, 4) is 5.75 Å². The first-order valence-electron chi connectivity index (χ1n) is 9.54. The number of nitro benzene ring substituents is 1. The molecule has 0 radical (unpaired) electrons. The minimum atomic E-state index is -0.578. The second-order valence-corrected chi connectivity index (χ2v) is 7.04. The number of hydrogen-bond acceptors (Lipinski definition) is 7. The van der Waals surface area contributed by atoms with Crippen LogP contribution in [0.4, 0.5) is 22.7 Å². The van der Waals surface area contributed by atoms with Crippen LogP contribution in [0.25, 0.3) is 0 Å². The highest BCUT2D eigenvalue weighted by Crippen LogP contribution is 2.35. The van der Waals surface area contributed by atoms with E-state index in [-0.39, 0.29) is 37.0 Å². The van der Waals surface area contributed by atoms with Gasteiger partial charge >= 0.3 is 0 Å². The molecule has 11 nitrogen and oxygen atoms in total. The Bertz CT molecular complexity index is 1050. The van der Waals surface area contributed by atoms with Gasteiger partial charge in [0.2, 0.25) is 11.8 Å². The summed E-state index contributed by atoms with van der Waals surface area (Å²) in [5.41, 5.74) is 1.36. The van der Waals surface area contributed by atoms with E-state index in [0.717, 1.165) is 5.69 Å². The van der Waals surface area contributed by atoms with E-state index in [0.29, 0.717) is 24.5 Å². The summed E-state index contributed by atoms with van der Waals surface area (Å²) in [6.45, 7) is 0.976. The molecule has 2 aliphatic heterocycles. The average molecular weight is 425 g/mol. The highest BCUT2D eigenvalue weighted by Gasteiger charge is 2.29. The van der Waals surface area contributed by atoms with Crippen LogP contribution < -0.4 is 25.2 Å². The number of amides is 3. The number of non-ortho nitro benzene ring substituents is 1. The van der Waals surface area contributed by atoms with E-state index in [9.17, 15) is 24.5 Å². The standard InChI is InChI=1S/C20H19N5O6/c26-18-10-23(8-7-21-18)14-3-1-13(2-4-14)22-19(27)11-24-16-9-15(25(29)30)5-6-17(16)31-12-20(24)28/h1-6,9H,7-8,10-12H2,(H,21,26)(H,22,27). The zero-order chi connectivity index (χ0) is 22.0. The first kappa shape index (κ1) is 20.1. The van der Waals surface area contributed by atoms with Crippen molar-refractivity contribution in [2.75, 3.05) is 47.9 Å². The summed E-state index contributed by atoms with van der Waals surface area (Å²) in [7, 11) is 0. The molecule has 0 unspecified atom stereocenters. The van der Waals surface area contributed by atoms with Gasteiger partial charge in [-0.2, -0.15) is 0 Å². The van der Waals surface area contributed by atoms with Crippen molar-refractivity contribution in [1.82, 2.24) is 5.32 Å². The van der Waals surface area contributed by atoms with Crippen molar-refractivity contribution in [2.45, 2.75) is 0 Å². The maximum Gasteiger partial charge on any atom is 0.271 e. The number of carbonyl (C=O) groups excluding carboxylic acids is 3. The van der Waals surface area contributed by atoms with Gasteiger partial charge in [0, 0.05) is 36.6 Å². The third-order valence-corrected chi connectivity index (χ3v) is 4.95. The van der Waals surface area contributed by atoms with E-state index in [2.05, 4.69) is 10.6 Å². The highest BCUT2D eigenvalue weighted by atomic mass is 16.6. The fourth-order valence-corrected chi connectivity index (χ4v) is 3.44. The van der Waals surface area contributed by atoms with Crippen LogP contribution in [0.5, 0.6) is 5.75 Å². The fourth-order valence-electron chi connectivity index (χ4n) is 3.44. The molecule has 2 heterocycles. The van der Waals surface area contributed by atoms with Gasteiger partial charge in [-0.1, -0.05) is 0 Å². The molecule has 4 rings (SSSR count). The number of carbonyl (C=O) groups is 3. The smallest absolute Gasteiger partial charge is 0.271 e. The summed E-state index contributed by atoms with van der Waals surface area (Å²) in [4.78, 5) is 49.9. The number of anilines is 3. The minimum absolute atomic E-state index is 0.0423. The van der Waals surface area contributed by atoms with Crippen LogP contribution in [-0.2, 0) is 14.4 Å². The molecule has 1 saturated heterocycles. The number of nitrogens with zero attached hydrogens (tertiary/aromatic N) is 3. The SMILES string of the molecule is O=C1CN(c2ccc(NC(=O)CN3C(=O)COc4ccc([N+](=O)[O-])cc43)cc2)CCN1. The van der Waals surface area contributed by atoms with Crippen LogP contribution in [0.3, 0.4) is 0 Å². The van der Waals surface area contributed by atoms with E-state index in [1.165, 1.54) is 23.1 Å². The van der Waals surface area contributed by atoms with Gasteiger partial charge in [0.05, 0.1) is 17.2 Å². The molecule has 31 heavy (non-hydrogen) atoms. The molecular formula is C20H19N5O6. The quantitative estimate of drug-likeness (QED) is 0.537. The number of rotatable bonds is 5. The molecule has 0 bridgehead atoms. The number of ether oxygens (including phenoxy) is 1. The van der Waals surface area contributed by atoms with Gasteiger partial charge in [-0.25, -0.2) is 0 Å². The van der Waals surface area contributed by atoms with Gasteiger partial charge in [-0.05, 0) is 30.3 Å². The van der Waals surface area contributed by atoms with Crippen LogP contribution in [-0.4, -0.2) is 55.4 Å². The van der Waals surface area contributed by atoms with E-state index in [1.807, 2.05) is 4.90 Å². The Hall–Kier alpha value is -4.15. The number of fused-ring (bicyclic) bond motifs is 1. The lowest BCUT2D eigenvalue weighted by atomic mass is 10.2. The van der Waals surface area contributed by atoms with Crippen LogP contribution in [0.15, 0.2) is 42.5 Å². The summed E-state index contributed by atoms with van der Waals surface area (Å²) < 4.78 is 5.30. The summed E-state index contributed by atoms with van der Waals surface area (Å²) in [5.74, 6) is -0.674. The Morgan fingerprint density at radius 2 is 1.97 bits per heavy atom. The molecule has 2 aromatic rings.